The van der Waals surface area contributed by atoms with E-state index in [4.69, 9.17) is 0 Å². The first kappa shape index (κ1) is 21.5. The lowest BCUT2D eigenvalue weighted by atomic mass is 9.92. The topological polar surface area (TPSA) is 61.4 Å². The molecule has 0 aliphatic carbocycles. The van der Waals surface area contributed by atoms with Crippen LogP contribution in [0.5, 0.6) is 0 Å². The Labute approximate surface area is 157 Å². The predicted octanol–water partition coefficient (Wildman–Crippen LogP) is 2.59. The van der Waals surface area contributed by atoms with Gasteiger partial charge in [-0.2, -0.15) is 0 Å². The number of carbonyl (C=O) groups excluding carboxylic acids is 2. The smallest absolute Gasteiger partial charge is 0.253 e. The Hall–Kier alpha value is -1.59. The Balaban J connectivity index is 0.00000312. The van der Waals surface area contributed by atoms with Crippen molar-refractivity contribution >= 4 is 24.2 Å². The standard InChI is InChI=1S/C19H29N3O2.ClH/c1-4-22(5-2)19(24)16-8-6-15(7-9-16)13-21-18(23)17-10-11-20-14(3)12-17;/h6-9,14,17,20H,4-5,10-13H2,1-3H3,(H,21,23);1H/t14-,17-;/m0./s1. The summed E-state index contributed by atoms with van der Waals surface area (Å²) in [4.78, 5) is 26.3. The second-order valence-electron chi connectivity index (χ2n) is 6.47. The zero-order valence-corrected chi connectivity index (χ0v) is 16.2. The van der Waals surface area contributed by atoms with Gasteiger partial charge in [-0.15, -0.1) is 12.4 Å². The molecule has 0 aromatic heterocycles. The number of rotatable bonds is 6. The van der Waals surface area contributed by atoms with E-state index in [1.54, 1.807) is 4.90 Å². The number of halogens is 1. The minimum absolute atomic E-state index is 0. The van der Waals surface area contributed by atoms with Gasteiger partial charge in [-0.05, 0) is 57.9 Å². The van der Waals surface area contributed by atoms with Crippen LogP contribution in [-0.2, 0) is 11.3 Å². The maximum atomic E-state index is 12.3. The third kappa shape index (κ3) is 6.01. The normalized spacial score (nSPS) is 19.6. The molecule has 0 radical (unpaired) electrons. The van der Waals surface area contributed by atoms with Crippen molar-refractivity contribution in [2.45, 2.75) is 46.2 Å². The summed E-state index contributed by atoms with van der Waals surface area (Å²) in [7, 11) is 0. The molecule has 5 nitrogen and oxygen atoms in total. The maximum absolute atomic E-state index is 12.3. The summed E-state index contributed by atoms with van der Waals surface area (Å²) in [5, 5.41) is 6.38. The van der Waals surface area contributed by atoms with Crippen LogP contribution in [0.15, 0.2) is 24.3 Å². The molecule has 1 aromatic rings. The molecular formula is C19H30ClN3O2. The van der Waals surface area contributed by atoms with E-state index in [0.29, 0.717) is 31.2 Å². The maximum Gasteiger partial charge on any atom is 0.253 e. The highest BCUT2D eigenvalue weighted by molar-refractivity contribution is 5.94. The lowest BCUT2D eigenvalue weighted by Gasteiger charge is -2.27. The fraction of sp³-hybridized carbons (Fsp3) is 0.579. The van der Waals surface area contributed by atoms with Gasteiger partial charge in [-0.3, -0.25) is 9.59 Å². The Morgan fingerprint density at radius 1 is 1.20 bits per heavy atom. The average Bonchev–Trinajstić information content (AvgIpc) is 2.61. The van der Waals surface area contributed by atoms with Crippen LogP contribution in [0, 0.1) is 5.92 Å². The van der Waals surface area contributed by atoms with Gasteiger partial charge in [0.1, 0.15) is 0 Å². The molecule has 25 heavy (non-hydrogen) atoms. The molecule has 1 aromatic carbocycles. The summed E-state index contributed by atoms with van der Waals surface area (Å²) in [5.74, 6) is 0.288. The molecule has 0 unspecified atom stereocenters. The van der Waals surface area contributed by atoms with Gasteiger partial charge < -0.3 is 15.5 Å². The predicted molar refractivity (Wildman–Crippen MR) is 103 cm³/mol. The molecule has 1 aliphatic rings. The Bertz CT molecular complexity index is 558. The minimum Gasteiger partial charge on any atom is -0.352 e. The number of carbonyl (C=O) groups is 2. The minimum atomic E-state index is 0. The van der Waals surface area contributed by atoms with E-state index in [1.165, 1.54) is 0 Å². The van der Waals surface area contributed by atoms with Gasteiger partial charge >= 0.3 is 0 Å². The fourth-order valence-corrected chi connectivity index (χ4v) is 3.16. The fourth-order valence-electron chi connectivity index (χ4n) is 3.16. The molecule has 1 aliphatic heterocycles. The molecule has 6 heteroatoms. The first-order valence-electron chi connectivity index (χ1n) is 8.94. The number of hydrogen-bond acceptors (Lipinski definition) is 3. The molecule has 1 saturated heterocycles. The summed E-state index contributed by atoms with van der Waals surface area (Å²) < 4.78 is 0. The van der Waals surface area contributed by atoms with E-state index < -0.39 is 0 Å². The summed E-state index contributed by atoms with van der Waals surface area (Å²) in [6.45, 7) is 8.91. The van der Waals surface area contributed by atoms with Crippen molar-refractivity contribution in [3.63, 3.8) is 0 Å². The van der Waals surface area contributed by atoms with Crippen LogP contribution in [-0.4, -0.2) is 42.4 Å². The van der Waals surface area contributed by atoms with E-state index in [-0.39, 0.29) is 30.1 Å². The summed E-state index contributed by atoms with van der Waals surface area (Å²) >= 11 is 0. The van der Waals surface area contributed by atoms with Crippen LogP contribution in [0.25, 0.3) is 0 Å². The highest BCUT2D eigenvalue weighted by Gasteiger charge is 2.24. The van der Waals surface area contributed by atoms with Gasteiger partial charge in [0.25, 0.3) is 5.91 Å². The molecule has 1 fully saturated rings. The Kier molecular flexibility index (Phi) is 8.93. The third-order valence-electron chi connectivity index (χ3n) is 4.71. The molecule has 2 rings (SSSR count). The zero-order chi connectivity index (χ0) is 17.5. The van der Waals surface area contributed by atoms with Gasteiger partial charge in [-0.1, -0.05) is 12.1 Å². The average molecular weight is 368 g/mol. The van der Waals surface area contributed by atoms with Crippen molar-refractivity contribution in [3.05, 3.63) is 35.4 Å². The molecular weight excluding hydrogens is 338 g/mol. The van der Waals surface area contributed by atoms with E-state index >= 15 is 0 Å². The van der Waals surface area contributed by atoms with Gasteiger partial charge in [0, 0.05) is 37.2 Å². The SMILES string of the molecule is CCN(CC)C(=O)c1ccc(CNC(=O)[C@H]2CCN[C@@H](C)C2)cc1.Cl. The molecule has 0 bridgehead atoms. The lowest BCUT2D eigenvalue weighted by molar-refractivity contribution is -0.126. The van der Waals surface area contributed by atoms with E-state index in [0.717, 1.165) is 24.9 Å². The number of benzene rings is 1. The van der Waals surface area contributed by atoms with Gasteiger partial charge in [-0.25, -0.2) is 0 Å². The van der Waals surface area contributed by atoms with Crippen molar-refractivity contribution in [1.82, 2.24) is 15.5 Å². The van der Waals surface area contributed by atoms with Crippen molar-refractivity contribution < 1.29 is 9.59 Å². The number of piperidine rings is 1. The highest BCUT2D eigenvalue weighted by atomic mass is 35.5. The third-order valence-corrected chi connectivity index (χ3v) is 4.71. The van der Waals surface area contributed by atoms with Crippen molar-refractivity contribution in [1.29, 1.82) is 0 Å². The zero-order valence-electron chi connectivity index (χ0n) is 15.4. The lowest BCUT2D eigenvalue weighted by Crippen LogP contribution is -2.42. The number of hydrogen-bond donors (Lipinski definition) is 2. The van der Waals surface area contributed by atoms with Gasteiger partial charge in [0.2, 0.25) is 5.91 Å². The van der Waals surface area contributed by atoms with E-state index in [9.17, 15) is 9.59 Å². The second-order valence-corrected chi connectivity index (χ2v) is 6.47. The van der Waals surface area contributed by atoms with Crippen LogP contribution in [0.4, 0.5) is 0 Å². The number of nitrogens with zero attached hydrogens (tertiary/aromatic N) is 1. The molecule has 1 heterocycles. The summed E-state index contributed by atoms with van der Waals surface area (Å²) in [6.07, 6.45) is 1.79. The molecule has 2 amide bonds. The second kappa shape index (κ2) is 10.4. The van der Waals surface area contributed by atoms with Crippen molar-refractivity contribution in [2.75, 3.05) is 19.6 Å². The number of nitrogens with one attached hydrogen (secondary N) is 2. The van der Waals surface area contributed by atoms with E-state index in [2.05, 4.69) is 17.6 Å². The van der Waals surface area contributed by atoms with E-state index in [1.807, 2.05) is 38.1 Å². The monoisotopic (exact) mass is 367 g/mol. The highest BCUT2D eigenvalue weighted by Crippen LogP contribution is 2.16. The number of amides is 2. The van der Waals surface area contributed by atoms with Crippen LogP contribution in [0.3, 0.4) is 0 Å². The first-order valence-corrected chi connectivity index (χ1v) is 8.94. The largest absolute Gasteiger partial charge is 0.352 e. The molecule has 2 atom stereocenters. The molecule has 140 valence electrons. The van der Waals surface area contributed by atoms with Crippen LogP contribution >= 0.6 is 12.4 Å². The summed E-state index contributed by atoms with van der Waals surface area (Å²) in [6, 6.07) is 7.92. The van der Waals surface area contributed by atoms with Crippen molar-refractivity contribution in [2.24, 2.45) is 5.92 Å². The quantitative estimate of drug-likeness (QED) is 0.812. The summed E-state index contributed by atoms with van der Waals surface area (Å²) in [5.41, 5.74) is 1.71. The Morgan fingerprint density at radius 2 is 1.84 bits per heavy atom. The van der Waals surface area contributed by atoms with Crippen LogP contribution in [0.2, 0.25) is 0 Å². The first-order chi connectivity index (χ1) is 11.5. The molecule has 0 spiro atoms. The Morgan fingerprint density at radius 3 is 2.40 bits per heavy atom. The molecule has 0 saturated carbocycles. The van der Waals surface area contributed by atoms with Crippen LogP contribution in [0.1, 0.15) is 49.5 Å². The van der Waals surface area contributed by atoms with Gasteiger partial charge in [0.05, 0.1) is 0 Å². The van der Waals surface area contributed by atoms with Gasteiger partial charge in [0.15, 0.2) is 0 Å². The van der Waals surface area contributed by atoms with Crippen LogP contribution < -0.4 is 10.6 Å². The molecule has 2 N–H and O–H groups in total. The van der Waals surface area contributed by atoms with Crippen molar-refractivity contribution in [3.8, 4) is 0 Å².